The normalized spacial score (nSPS) is 12.6. The molecule has 0 aromatic carbocycles. The minimum atomic E-state index is -0.817. The minimum absolute atomic E-state index is 0.105. The summed E-state index contributed by atoms with van der Waals surface area (Å²) in [6.07, 6.45) is 73.4. The van der Waals surface area contributed by atoms with E-state index >= 15 is 0 Å². The highest BCUT2D eigenvalue weighted by Gasteiger charge is 2.19. The first-order valence-electron chi connectivity index (χ1n) is 29.4. The van der Waals surface area contributed by atoms with E-state index in [1.807, 2.05) is 6.08 Å². The summed E-state index contributed by atoms with van der Waals surface area (Å²) in [5.74, 6) is -0.988. The van der Waals surface area contributed by atoms with Crippen LogP contribution in [0.25, 0.3) is 0 Å². The average Bonchev–Trinajstić information content (AvgIpc) is 3.35. The maximum Gasteiger partial charge on any atom is 0.306 e. The third-order valence-electron chi connectivity index (χ3n) is 12.7. The Balaban J connectivity index is 4.45. The maximum atomic E-state index is 12.8. The van der Waals surface area contributed by atoms with Crippen molar-refractivity contribution < 1.29 is 28.6 Å². The molecule has 398 valence electrons. The van der Waals surface area contributed by atoms with Crippen LogP contribution in [0, 0.1) is 0 Å². The van der Waals surface area contributed by atoms with E-state index < -0.39 is 6.10 Å². The number of unbranched alkanes of at least 4 members (excludes halogenated alkanes) is 30. The first-order chi connectivity index (χ1) is 34.0. The van der Waals surface area contributed by atoms with Crippen LogP contribution in [-0.2, 0) is 28.6 Å². The Hall–Kier alpha value is -3.15. The van der Waals surface area contributed by atoms with Crippen molar-refractivity contribution >= 4 is 17.9 Å². The number of carbonyl (C=O) groups is 3. The van der Waals surface area contributed by atoms with Crippen molar-refractivity contribution in [2.45, 2.75) is 297 Å². The van der Waals surface area contributed by atoms with Gasteiger partial charge in [-0.2, -0.15) is 0 Å². The van der Waals surface area contributed by atoms with Crippen LogP contribution in [0.3, 0.4) is 0 Å². The lowest BCUT2D eigenvalue weighted by Gasteiger charge is -2.18. The highest BCUT2D eigenvalue weighted by Crippen LogP contribution is 2.16. The number of allylic oxidation sites excluding steroid dienone is 12. The molecule has 0 saturated heterocycles. The number of carbonyl (C=O) groups excluding carboxylic acids is 3. The summed E-state index contributed by atoms with van der Waals surface area (Å²) in [7, 11) is 0. The number of ether oxygens (including phenoxy) is 3. The standard InChI is InChI=1S/C63H110O6/c1-4-7-10-13-16-19-22-25-27-29-31-33-35-38-41-44-47-50-53-56-62(65)68-59-60(58-67-61(64)55-52-49-46-43-40-37-24-21-18-15-12-9-6-3)69-63(66)57-54-51-48-45-42-39-36-34-32-30-28-26-23-20-17-14-11-8-5-2/h17,20-21,24,26,28,32,34,39,42,48,51,60H,4-16,18-19,22-23,25,27,29-31,33,35-38,40-41,43-47,49-50,52-59H2,1-3H3/b20-17-,24-21-,28-26-,34-32-,42-39-,51-48-/t60-/m1/s1. The monoisotopic (exact) mass is 963 g/mol. The van der Waals surface area contributed by atoms with Crippen molar-refractivity contribution in [1.82, 2.24) is 0 Å². The molecule has 0 bridgehead atoms. The van der Waals surface area contributed by atoms with Crippen LogP contribution in [-0.4, -0.2) is 37.2 Å². The third-order valence-corrected chi connectivity index (χ3v) is 12.7. The quantitative estimate of drug-likeness (QED) is 0.0262. The van der Waals surface area contributed by atoms with Gasteiger partial charge in [0, 0.05) is 19.3 Å². The molecule has 0 spiro atoms. The van der Waals surface area contributed by atoms with Gasteiger partial charge in [-0.25, -0.2) is 0 Å². The second-order valence-corrected chi connectivity index (χ2v) is 19.6. The summed E-state index contributed by atoms with van der Waals surface area (Å²) < 4.78 is 16.8. The molecule has 1 atom stereocenters. The van der Waals surface area contributed by atoms with Gasteiger partial charge in [-0.3, -0.25) is 14.4 Å². The van der Waals surface area contributed by atoms with Crippen LogP contribution in [0.5, 0.6) is 0 Å². The Morgan fingerprint density at radius 2 is 0.551 bits per heavy atom. The summed E-state index contributed by atoms with van der Waals surface area (Å²) >= 11 is 0. The predicted molar refractivity (Wildman–Crippen MR) is 298 cm³/mol. The zero-order chi connectivity index (χ0) is 50.0. The molecule has 0 aromatic heterocycles. The lowest BCUT2D eigenvalue weighted by atomic mass is 10.0. The van der Waals surface area contributed by atoms with Crippen molar-refractivity contribution in [2.24, 2.45) is 0 Å². The molecule has 0 radical (unpaired) electrons. The molecule has 69 heavy (non-hydrogen) atoms. The SMILES string of the molecule is CCCCC/C=C\C/C=C\C/C=C\C/C=C\C/C=C\CCC(=O)O[C@H](COC(=O)CCCCCCC/C=C\CCCCCC)COC(=O)CCCCCCCCCCCCCCCCCCCCC. The van der Waals surface area contributed by atoms with Crippen LogP contribution in [0.4, 0.5) is 0 Å². The molecule has 6 nitrogen and oxygen atoms in total. The average molecular weight is 964 g/mol. The summed E-state index contributed by atoms with van der Waals surface area (Å²) in [5.41, 5.74) is 0. The van der Waals surface area contributed by atoms with Gasteiger partial charge < -0.3 is 14.2 Å². The molecule has 0 heterocycles. The van der Waals surface area contributed by atoms with Gasteiger partial charge >= 0.3 is 17.9 Å². The fraction of sp³-hybridized carbons (Fsp3) is 0.762. The maximum absolute atomic E-state index is 12.8. The van der Waals surface area contributed by atoms with Crippen LogP contribution in [0.15, 0.2) is 72.9 Å². The van der Waals surface area contributed by atoms with E-state index in [2.05, 4.69) is 87.6 Å². The molecule has 0 unspecified atom stereocenters. The van der Waals surface area contributed by atoms with Crippen LogP contribution in [0.1, 0.15) is 290 Å². The van der Waals surface area contributed by atoms with E-state index in [9.17, 15) is 14.4 Å². The molecule has 0 aliphatic carbocycles. The Kier molecular flexibility index (Phi) is 54.8. The van der Waals surface area contributed by atoms with Gasteiger partial charge in [0.15, 0.2) is 6.10 Å². The predicted octanol–water partition coefficient (Wildman–Crippen LogP) is 19.8. The van der Waals surface area contributed by atoms with Crippen molar-refractivity contribution in [3.05, 3.63) is 72.9 Å². The highest BCUT2D eigenvalue weighted by atomic mass is 16.6. The third kappa shape index (κ3) is 55.6. The molecule has 6 heteroatoms. The van der Waals surface area contributed by atoms with Gasteiger partial charge in [0.05, 0.1) is 0 Å². The van der Waals surface area contributed by atoms with Crippen LogP contribution in [0.2, 0.25) is 0 Å². The van der Waals surface area contributed by atoms with Gasteiger partial charge in [0.25, 0.3) is 0 Å². The summed E-state index contributed by atoms with van der Waals surface area (Å²) in [4.78, 5) is 38.1. The van der Waals surface area contributed by atoms with Crippen molar-refractivity contribution in [3.8, 4) is 0 Å². The molecule has 0 aliphatic heterocycles. The molecule has 0 amide bonds. The Labute approximate surface area is 427 Å². The lowest BCUT2D eigenvalue weighted by molar-refractivity contribution is -0.166. The first kappa shape index (κ1) is 65.8. The van der Waals surface area contributed by atoms with Crippen LogP contribution >= 0.6 is 0 Å². The number of rotatable bonds is 53. The van der Waals surface area contributed by atoms with Gasteiger partial charge in [0.1, 0.15) is 13.2 Å². The number of hydrogen-bond acceptors (Lipinski definition) is 6. The summed E-state index contributed by atoms with van der Waals surface area (Å²) in [5, 5.41) is 0. The van der Waals surface area contributed by atoms with E-state index in [4.69, 9.17) is 14.2 Å². The smallest absolute Gasteiger partial charge is 0.306 e. The van der Waals surface area contributed by atoms with Crippen molar-refractivity contribution in [1.29, 1.82) is 0 Å². The molecule has 0 N–H and O–H groups in total. The van der Waals surface area contributed by atoms with Gasteiger partial charge in [-0.1, -0.05) is 261 Å². The Morgan fingerprint density at radius 1 is 0.290 bits per heavy atom. The van der Waals surface area contributed by atoms with Crippen molar-refractivity contribution in [2.75, 3.05) is 13.2 Å². The summed E-state index contributed by atoms with van der Waals surface area (Å²) in [6, 6.07) is 0. The fourth-order valence-corrected chi connectivity index (χ4v) is 8.24. The number of esters is 3. The van der Waals surface area contributed by atoms with Gasteiger partial charge in [-0.15, -0.1) is 0 Å². The molecule has 0 saturated carbocycles. The highest BCUT2D eigenvalue weighted by molar-refractivity contribution is 5.71. The zero-order valence-corrected chi connectivity index (χ0v) is 45.6. The molecule has 0 rings (SSSR count). The molecule has 0 aromatic rings. The van der Waals surface area contributed by atoms with Gasteiger partial charge in [-0.05, 0) is 83.5 Å². The van der Waals surface area contributed by atoms with E-state index in [0.29, 0.717) is 19.3 Å². The molecule has 0 fully saturated rings. The molecular formula is C63H110O6. The topological polar surface area (TPSA) is 78.9 Å². The minimum Gasteiger partial charge on any atom is -0.462 e. The summed E-state index contributed by atoms with van der Waals surface area (Å²) in [6.45, 7) is 6.56. The Bertz CT molecular complexity index is 1290. The number of hydrogen-bond donors (Lipinski definition) is 0. The van der Waals surface area contributed by atoms with E-state index in [1.165, 1.54) is 167 Å². The molecule has 0 aliphatic rings. The second kappa shape index (κ2) is 57.4. The second-order valence-electron chi connectivity index (χ2n) is 19.6. The fourth-order valence-electron chi connectivity index (χ4n) is 8.24. The van der Waals surface area contributed by atoms with E-state index in [1.54, 1.807) is 0 Å². The first-order valence-corrected chi connectivity index (χ1v) is 29.4. The molecular weight excluding hydrogens is 853 g/mol. The largest absolute Gasteiger partial charge is 0.462 e. The lowest BCUT2D eigenvalue weighted by Crippen LogP contribution is -2.30. The van der Waals surface area contributed by atoms with Crippen molar-refractivity contribution in [3.63, 3.8) is 0 Å². The Morgan fingerprint density at radius 3 is 0.928 bits per heavy atom. The van der Waals surface area contributed by atoms with E-state index in [0.717, 1.165) is 77.0 Å². The van der Waals surface area contributed by atoms with Gasteiger partial charge in [0.2, 0.25) is 0 Å². The zero-order valence-electron chi connectivity index (χ0n) is 45.6. The van der Waals surface area contributed by atoms with E-state index in [-0.39, 0.29) is 37.5 Å². The van der Waals surface area contributed by atoms with Crippen LogP contribution < -0.4 is 0 Å².